The second kappa shape index (κ2) is 10.0. The van der Waals surface area contributed by atoms with Crippen LogP contribution in [0.5, 0.6) is 0 Å². The van der Waals surface area contributed by atoms with Crippen molar-refractivity contribution in [3.8, 4) is 0 Å². The zero-order chi connectivity index (χ0) is 20.1. The molecule has 1 aliphatic heterocycles. The normalized spacial score (nSPS) is 23.5. The van der Waals surface area contributed by atoms with Crippen LogP contribution < -0.4 is 10.2 Å². The van der Waals surface area contributed by atoms with Crippen LogP contribution in [-0.4, -0.2) is 68.7 Å². The second-order valence-corrected chi connectivity index (χ2v) is 9.04. The SMILES string of the molecule is CN(C)C(=O)NC1CCC(CCN2CCN(c3cccc(Cl)c3Cl)CC2)CC1.[H+]. The molecule has 7 heteroatoms. The molecule has 0 spiro atoms. The molecule has 0 bridgehead atoms. The van der Waals surface area contributed by atoms with Crippen molar-refractivity contribution in [2.24, 2.45) is 5.92 Å². The number of nitrogens with zero attached hydrogens (tertiary/aromatic N) is 3. The maximum absolute atomic E-state index is 11.8. The summed E-state index contributed by atoms with van der Waals surface area (Å²) < 4.78 is 0. The van der Waals surface area contributed by atoms with Crippen molar-refractivity contribution in [2.45, 2.75) is 38.1 Å². The highest BCUT2D eigenvalue weighted by Crippen LogP contribution is 2.33. The highest BCUT2D eigenvalue weighted by molar-refractivity contribution is 6.43. The van der Waals surface area contributed by atoms with E-state index in [0.717, 1.165) is 57.2 Å². The van der Waals surface area contributed by atoms with Crippen molar-refractivity contribution in [1.82, 2.24) is 15.1 Å². The van der Waals surface area contributed by atoms with E-state index in [-0.39, 0.29) is 7.46 Å². The average molecular weight is 428 g/mol. The molecular formula is C21H33Cl2N4O+. The number of piperazine rings is 1. The van der Waals surface area contributed by atoms with Gasteiger partial charge in [0.25, 0.3) is 0 Å². The topological polar surface area (TPSA) is 38.8 Å². The number of urea groups is 1. The van der Waals surface area contributed by atoms with Crippen molar-refractivity contribution in [3.63, 3.8) is 0 Å². The van der Waals surface area contributed by atoms with Gasteiger partial charge in [-0.1, -0.05) is 29.3 Å². The molecule has 1 aliphatic carbocycles. The number of hydrogen-bond donors (Lipinski definition) is 1. The molecule has 3 rings (SSSR count). The van der Waals surface area contributed by atoms with Crippen molar-refractivity contribution < 1.29 is 6.22 Å². The van der Waals surface area contributed by atoms with E-state index in [4.69, 9.17) is 23.2 Å². The van der Waals surface area contributed by atoms with Gasteiger partial charge >= 0.3 is 7.46 Å². The molecule has 0 atom stereocenters. The maximum Gasteiger partial charge on any atom is 1.00 e. The summed E-state index contributed by atoms with van der Waals surface area (Å²) in [6, 6.07) is 6.23. The molecule has 1 N–H and O–H groups in total. The molecule has 28 heavy (non-hydrogen) atoms. The molecule has 2 amide bonds. The van der Waals surface area contributed by atoms with Gasteiger partial charge in [0.2, 0.25) is 0 Å². The molecule has 0 radical (unpaired) electrons. The van der Waals surface area contributed by atoms with Gasteiger partial charge in [0.15, 0.2) is 0 Å². The molecular weight excluding hydrogens is 395 g/mol. The van der Waals surface area contributed by atoms with E-state index < -0.39 is 0 Å². The van der Waals surface area contributed by atoms with E-state index in [9.17, 15) is 4.79 Å². The number of halogens is 2. The first kappa shape index (κ1) is 21.5. The number of amides is 2. The van der Waals surface area contributed by atoms with Gasteiger partial charge in [0.1, 0.15) is 0 Å². The molecule has 1 heterocycles. The number of benzene rings is 1. The molecule has 1 aromatic rings. The minimum atomic E-state index is 0. The Balaban J connectivity index is 0.00000300. The highest BCUT2D eigenvalue weighted by atomic mass is 35.5. The van der Waals surface area contributed by atoms with E-state index in [2.05, 4.69) is 21.2 Å². The van der Waals surface area contributed by atoms with Gasteiger partial charge in [-0.05, 0) is 56.7 Å². The summed E-state index contributed by atoms with van der Waals surface area (Å²) >= 11 is 12.5. The molecule has 2 fully saturated rings. The Labute approximate surface area is 180 Å². The molecule has 156 valence electrons. The third-order valence-corrected chi connectivity index (χ3v) is 6.89. The lowest BCUT2D eigenvalue weighted by atomic mass is 9.84. The lowest BCUT2D eigenvalue weighted by molar-refractivity contribution is 0.194. The van der Waals surface area contributed by atoms with E-state index in [0.29, 0.717) is 16.1 Å². The second-order valence-electron chi connectivity index (χ2n) is 8.25. The summed E-state index contributed by atoms with van der Waals surface area (Å²) in [6.07, 6.45) is 5.90. The number of rotatable bonds is 5. The molecule has 1 aromatic carbocycles. The van der Waals surface area contributed by atoms with Crippen molar-refractivity contribution in [3.05, 3.63) is 28.2 Å². The number of carbonyl (C=O) groups is 1. The predicted octanol–water partition coefficient (Wildman–Crippen LogP) is 4.45. The highest BCUT2D eigenvalue weighted by Gasteiger charge is 2.24. The van der Waals surface area contributed by atoms with Gasteiger partial charge in [-0.25, -0.2) is 4.79 Å². The molecule has 5 nitrogen and oxygen atoms in total. The van der Waals surface area contributed by atoms with Crippen LogP contribution in [0.4, 0.5) is 10.5 Å². The standard InChI is InChI=1S/C21H32Cl2N4O/c1-25(2)21(28)24-17-8-6-16(7-9-17)10-11-26-12-14-27(15-13-26)19-5-3-4-18(22)20(19)23/h3-5,16-17H,6-15H2,1-2H3,(H,24,28)/p+1. The summed E-state index contributed by atoms with van der Waals surface area (Å²) in [6.45, 7) is 5.28. The Morgan fingerprint density at radius 2 is 1.82 bits per heavy atom. The van der Waals surface area contributed by atoms with Gasteiger partial charge in [-0.15, -0.1) is 0 Å². The van der Waals surface area contributed by atoms with Crippen molar-refractivity contribution in [2.75, 3.05) is 51.7 Å². The first-order valence-corrected chi connectivity index (χ1v) is 11.1. The van der Waals surface area contributed by atoms with Crippen molar-refractivity contribution in [1.29, 1.82) is 0 Å². The summed E-state index contributed by atoms with van der Waals surface area (Å²) in [5.41, 5.74) is 1.05. The zero-order valence-electron chi connectivity index (χ0n) is 18.0. The monoisotopic (exact) mass is 427 g/mol. The minimum absolute atomic E-state index is 0. The van der Waals surface area contributed by atoms with Crippen LogP contribution in [0.15, 0.2) is 18.2 Å². The van der Waals surface area contributed by atoms with Crippen LogP contribution in [0.2, 0.25) is 10.0 Å². The van der Waals surface area contributed by atoms with Crippen LogP contribution in [-0.2, 0) is 0 Å². The largest absolute Gasteiger partial charge is 1.00 e. The fourth-order valence-corrected chi connectivity index (χ4v) is 4.63. The lowest BCUT2D eigenvalue weighted by Gasteiger charge is -2.37. The maximum atomic E-state index is 11.8. The fraction of sp³-hybridized carbons (Fsp3) is 0.667. The van der Waals surface area contributed by atoms with Gasteiger partial charge in [0.05, 0.1) is 15.7 Å². The van der Waals surface area contributed by atoms with Gasteiger partial charge < -0.3 is 15.1 Å². The first-order valence-electron chi connectivity index (χ1n) is 10.3. The van der Waals surface area contributed by atoms with Crippen LogP contribution in [0.3, 0.4) is 0 Å². The van der Waals surface area contributed by atoms with Gasteiger partial charge in [-0.3, -0.25) is 4.90 Å². The van der Waals surface area contributed by atoms with Crippen molar-refractivity contribution >= 4 is 34.9 Å². The smallest absolute Gasteiger partial charge is 0.368 e. The van der Waals surface area contributed by atoms with E-state index in [1.165, 1.54) is 19.3 Å². The van der Waals surface area contributed by atoms with E-state index >= 15 is 0 Å². The first-order chi connectivity index (χ1) is 13.4. The Morgan fingerprint density at radius 3 is 2.46 bits per heavy atom. The third-order valence-electron chi connectivity index (χ3n) is 6.08. The average Bonchev–Trinajstić information content (AvgIpc) is 2.70. The number of nitrogens with one attached hydrogen (secondary N) is 1. The zero-order valence-corrected chi connectivity index (χ0v) is 18.5. The van der Waals surface area contributed by atoms with E-state index in [1.54, 1.807) is 19.0 Å². The fourth-order valence-electron chi connectivity index (χ4n) is 4.21. The minimum Gasteiger partial charge on any atom is -0.368 e. The predicted molar refractivity (Wildman–Crippen MR) is 119 cm³/mol. The Morgan fingerprint density at radius 1 is 1.14 bits per heavy atom. The molecule has 2 aliphatic rings. The molecule has 0 aromatic heterocycles. The molecule has 1 saturated carbocycles. The summed E-state index contributed by atoms with van der Waals surface area (Å²) in [4.78, 5) is 18.3. The Kier molecular flexibility index (Phi) is 7.72. The molecule has 0 unspecified atom stereocenters. The van der Waals surface area contributed by atoms with Gasteiger partial charge in [0, 0.05) is 46.3 Å². The van der Waals surface area contributed by atoms with Crippen LogP contribution >= 0.6 is 23.2 Å². The summed E-state index contributed by atoms with van der Waals surface area (Å²) in [5, 5.41) is 4.41. The quantitative estimate of drug-likeness (QED) is 0.753. The lowest BCUT2D eigenvalue weighted by Crippen LogP contribution is -2.47. The third kappa shape index (κ3) is 5.68. The Hall–Kier alpha value is -1.17. The number of carbonyl (C=O) groups excluding carboxylic acids is 1. The summed E-state index contributed by atoms with van der Waals surface area (Å²) in [7, 11) is 3.59. The van der Waals surface area contributed by atoms with Crippen LogP contribution in [0.25, 0.3) is 0 Å². The summed E-state index contributed by atoms with van der Waals surface area (Å²) in [5.74, 6) is 0.785. The van der Waals surface area contributed by atoms with Gasteiger partial charge in [-0.2, -0.15) is 0 Å². The van der Waals surface area contributed by atoms with Crippen LogP contribution in [0, 0.1) is 5.92 Å². The number of anilines is 1. The molecule has 1 saturated heterocycles. The van der Waals surface area contributed by atoms with E-state index in [1.807, 2.05) is 12.1 Å². The Bertz CT molecular complexity index is 660. The van der Waals surface area contributed by atoms with Crippen LogP contribution in [0.1, 0.15) is 33.5 Å². The number of hydrogen-bond acceptors (Lipinski definition) is 3.